The first kappa shape index (κ1) is 9.16. The number of hydrogen-bond acceptors (Lipinski definition) is 3. The molecule has 0 spiro atoms. The van der Waals surface area contributed by atoms with Gasteiger partial charge in [0, 0.05) is 5.69 Å². The van der Waals surface area contributed by atoms with Gasteiger partial charge in [0.1, 0.15) is 5.15 Å². The molecule has 4 heteroatoms. The second-order valence-electron chi connectivity index (χ2n) is 2.42. The second kappa shape index (κ2) is 3.65. The third-order valence-electron chi connectivity index (χ3n) is 1.47. The number of rotatable bonds is 2. The predicted octanol–water partition coefficient (Wildman–Crippen LogP) is 1.18. The topological polar surface area (TPSA) is 56.0 Å². The first-order valence-corrected chi connectivity index (χ1v) is 3.89. The van der Waals surface area contributed by atoms with Crippen molar-refractivity contribution in [1.29, 1.82) is 0 Å². The van der Waals surface area contributed by atoms with Crippen LogP contribution in [0.2, 0.25) is 5.15 Å². The lowest BCUT2D eigenvalue weighted by atomic mass is 10.2. The van der Waals surface area contributed by atoms with Gasteiger partial charge in [0.05, 0.1) is 12.1 Å². The standard InChI is InChI=1S/C8H9ClN2O/c1-5-2-3-6(7(12)4-10)8(9)11-5/h2-3H,4,10H2,1H3. The lowest BCUT2D eigenvalue weighted by molar-refractivity contribution is 0.100. The van der Waals surface area contributed by atoms with Crippen molar-refractivity contribution in [2.24, 2.45) is 5.73 Å². The van der Waals surface area contributed by atoms with Crippen LogP contribution in [0.5, 0.6) is 0 Å². The molecule has 1 heterocycles. The summed E-state index contributed by atoms with van der Waals surface area (Å²) < 4.78 is 0. The lowest BCUT2D eigenvalue weighted by Crippen LogP contribution is -2.14. The van der Waals surface area contributed by atoms with E-state index in [0.29, 0.717) is 5.56 Å². The van der Waals surface area contributed by atoms with Crippen LogP contribution in [0.15, 0.2) is 12.1 Å². The Hall–Kier alpha value is -0.930. The number of carbonyl (C=O) groups is 1. The van der Waals surface area contributed by atoms with Gasteiger partial charge in [-0.05, 0) is 19.1 Å². The maximum Gasteiger partial charge on any atom is 0.179 e. The Bertz CT molecular complexity index is 312. The summed E-state index contributed by atoms with van der Waals surface area (Å²) in [6.45, 7) is 1.77. The van der Waals surface area contributed by atoms with Crippen molar-refractivity contribution < 1.29 is 4.79 Å². The summed E-state index contributed by atoms with van der Waals surface area (Å²) in [7, 11) is 0. The first-order valence-electron chi connectivity index (χ1n) is 3.51. The highest BCUT2D eigenvalue weighted by molar-refractivity contribution is 6.32. The van der Waals surface area contributed by atoms with E-state index in [9.17, 15) is 4.79 Å². The van der Waals surface area contributed by atoms with Crippen LogP contribution in [0.4, 0.5) is 0 Å². The summed E-state index contributed by atoms with van der Waals surface area (Å²) >= 11 is 5.72. The second-order valence-corrected chi connectivity index (χ2v) is 2.78. The Morgan fingerprint density at radius 1 is 1.67 bits per heavy atom. The normalized spacial score (nSPS) is 9.92. The number of nitrogens with zero attached hydrogens (tertiary/aromatic N) is 1. The molecule has 0 amide bonds. The molecule has 3 nitrogen and oxygen atoms in total. The molecule has 0 aromatic carbocycles. The van der Waals surface area contributed by atoms with E-state index in [2.05, 4.69) is 4.98 Å². The van der Waals surface area contributed by atoms with E-state index in [1.54, 1.807) is 12.1 Å². The number of nitrogens with two attached hydrogens (primary N) is 1. The molecule has 0 radical (unpaired) electrons. The average Bonchev–Trinajstić information content (AvgIpc) is 2.03. The molecule has 0 aliphatic heterocycles. The Balaban J connectivity index is 3.09. The summed E-state index contributed by atoms with van der Waals surface area (Å²) in [4.78, 5) is 15.0. The molecule has 2 N–H and O–H groups in total. The molecule has 0 aliphatic rings. The van der Waals surface area contributed by atoms with Crippen molar-refractivity contribution in [3.05, 3.63) is 28.5 Å². The summed E-state index contributed by atoms with van der Waals surface area (Å²) in [6.07, 6.45) is 0. The van der Waals surface area contributed by atoms with Crippen molar-refractivity contribution in [2.75, 3.05) is 6.54 Å². The fourth-order valence-electron chi connectivity index (χ4n) is 0.843. The Morgan fingerprint density at radius 2 is 2.33 bits per heavy atom. The van der Waals surface area contributed by atoms with Gasteiger partial charge < -0.3 is 5.73 Å². The van der Waals surface area contributed by atoms with Crippen molar-refractivity contribution in [2.45, 2.75) is 6.92 Å². The van der Waals surface area contributed by atoms with Crippen LogP contribution in [-0.2, 0) is 0 Å². The summed E-state index contributed by atoms with van der Waals surface area (Å²) in [5.41, 5.74) is 6.35. The molecular formula is C8H9ClN2O. The van der Waals surface area contributed by atoms with Gasteiger partial charge in [-0.25, -0.2) is 4.98 Å². The number of hydrogen-bond donors (Lipinski definition) is 1. The summed E-state index contributed by atoms with van der Waals surface area (Å²) in [5, 5.41) is 0.227. The number of carbonyl (C=O) groups excluding carboxylic acids is 1. The first-order chi connectivity index (χ1) is 5.65. The van der Waals surface area contributed by atoms with Crippen molar-refractivity contribution in [3.63, 3.8) is 0 Å². The van der Waals surface area contributed by atoms with E-state index < -0.39 is 0 Å². The van der Waals surface area contributed by atoms with Crippen LogP contribution < -0.4 is 5.73 Å². The van der Waals surface area contributed by atoms with Gasteiger partial charge in [-0.15, -0.1) is 0 Å². The largest absolute Gasteiger partial charge is 0.324 e. The monoisotopic (exact) mass is 184 g/mol. The highest BCUT2D eigenvalue weighted by Crippen LogP contribution is 2.13. The number of ketones is 1. The van der Waals surface area contributed by atoms with Crippen LogP contribution >= 0.6 is 11.6 Å². The fraction of sp³-hybridized carbons (Fsp3) is 0.250. The molecule has 0 saturated carbocycles. The molecule has 0 atom stereocenters. The molecule has 0 fully saturated rings. The number of aryl methyl sites for hydroxylation is 1. The molecule has 12 heavy (non-hydrogen) atoms. The van der Waals surface area contributed by atoms with Gasteiger partial charge in [-0.1, -0.05) is 11.6 Å². The van der Waals surface area contributed by atoms with E-state index in [0.717, 1.165) is 5.69 Å². The average molecular weight is 185 g/mol. The van der Waals surface area contributed by atoms with Crippen LogP contribution in [0.1, 0.15) is 16.1 Å². The van der Waals surface area contributed by atoms with Crippen LogP contribution in [-0.4, -0.2) is 17.3 Å². The molecule has 0 unspecified atom stereocenters. The third kappa shape index (κ3) is 1.81. The van der Waals surface area contributed by atoms with Crippen molar-refractivity contribution in [1.82, 2.24) is 4.98 Å². The van der Waals surface area contributed by atoms with E-state index in [1.807, 2.05) is 6.92 Å². The molecule has 1 rings (SSSR count). The number of Topliss-reactive ketones (excluding diaryl/α,β-unsaturated/α-hetero) is 1. The quantitative estimate of drug-likeness (QED) is 0.555. The zero-order chi connectivity index (χ0) is 9.14. The van der Waals surface area contributed by atoms with E-state index in [-0.39, 0.29) is 17.5 Å². The van der Waals surface area contributed by atoms with Crippen LogP contribution in [0, 0.1) is 6.92 Å². The van der Waals surface area contributed by atoms with Gasteiger partial charge >= 0.3 is 0 Å². The van der Waals surface area contributed by atoms with E-state index >= 15 is 0 Å². The Morgan fingerprint density at radius 3 is 2.83 bits per heavy atom. The molecule has 0 aliphatic carbocycles. The molecule has 1 aromatic heterocycles. The van der Waals surface area contributed by atoms with Crippen molar-refractivity contribution >= 4 is 17.4 Å². The molecule has 0 bridgehead atoms. The van der Waals surface area contributed by atoms with Gasteiger partial charge in [0.2, 0.25) is 0 Å². The maximum absolute atomic E-state index is 11.1. The number of aromatic nitrogens is 1. The summed E-state index contributed by atoms with van der Waals surface area (Å²) in [5.74, 6) is -0.187. The molecular weight excluding hydrogens is 176 g/mol. The fourth-order valence-corrected chi connectivity index (χ4v) is 1.14. The Kier molecular flexibility index (Phi) is 2.78. The van der Waals surface area contributed by atoms with E-state index in [4.69, 9.17) is 17.3 Å². The zero-order valence-electron chi connectivity index (χ0n) is 6.67. The minimum atomic E-state index is -0.187. The predicted molar refractivity (Wildman–Crippen MR) is 47.4 cm³/mol. The Labute approximate surface area is 75.6 Å². The SMILES string of the molecule is Cc1ccc(C(=O)CN)c(Cl)n1. The molecule has 0 saturated heterocycles. The highest BCUT2D eigenvalue weighted by atomic mass is 35.5. The zero-order valence-corrected chi connectivity index (χ0v) is 7.43. The lowest BCUT2D eigenvalue weighted by Gasteiger charge is -2.00. The van der Waals surface area contributed by atoms with Crippen LogP contribution in [0.3, 0.4) is 0 Å². The maximum atomic E-state index is 11.1. The van der Waals surface area contributed by atoms with Gasteiger partial charge in [0.15, 0.2) is 5.78 Å². The van der Waals surface area contributed by atoms with Crippen molar-refractivity contribution in [3.8, 4) is 0 Å². The number of pyridine rings is 1. The minimum Gasteiger partial charge on any atom is -0.324 e. The molecule has 1 aromatic rings. The van der Waals surface area contributed by atoms with Gasteiger partial charge in [0.25, 0.3) is 0 Å². The summed E-state index contributed by atoms with van der Waals surface area (Å²) in [6, 6.07) is 3.37. The van der Waals surface area contributed by atoms with Gasteiger partial charge in [-0.2, -0.15) is 0 Å². The third-order valence-corrected chi connectivity index (χ3v) is 1.76. The number of halogens is 1. The highest BCUT2D eigenvalue weighted by Gasteiger charge is 2.08. The van der Waals surface area contributed by atoms with E-state index in [1.165, 1.54) is 0 Å². The van der Waals surface area contributed by atoms with Crippen LogP contribution in [0.25, 0.3) is 0 Å². The van der Waals surface area contributed by atoms with Gasteiger partial charge in [-0.3, -0.25) is 4.79 Å². The minimum absolute atomic E-state index is 0.0372. The molecule has 64 valence electrons. The smallest absolute Gasteiger partial charge is 0.179 e.